The van der Waals surface area contributed by atoms with Crippen molar-refractivity contribution >= 4 is 34.8 Å². The number of imidazole rings is 1. The van der Waals surface area contributed by atoms with Gasteiger partial charge in [-0.25, -0.2) is 9.97 Å². The number of pyridine rings is 1. The highest BCUT2D eigenvalue weighted by Gasteiger charge is 2.08. The third kappa shape index (κ3) is 4.29. The van der Waals surface area contributed by atoms with E-state index in [2.05, 4.69) is 15.3 Å². The molecule has 25 heavy (non-hydrogen) atoms. The van der Waals surface area contributed by atoms with Crippen molar-refractivity contribution in [3.8, 4) is 11.6 Å². The van der Waals surface area contributed by atoms with Crippen LogP contribution in [-0.2, 0) is 4.79 Å². The van der Waals surface area contributed by atoms with Gasteiger partial charge in [-0.1, -0.05) is 23.2 Å². The maximum Gasteiger partial charge on any atom is 0.262 e. The van der Waals surface area contributed by atoms with E-state index in [4.69, 9.17) is 27.9 Å². The third-order valence-electron chi connectivity index (χ3n) is 3.36. The molecular weight excluding hydrogens is 363 g/mol. The smallest absolute Gasteiger partial charge is 0.262 e. The zero-order valence-corrected chi connectivity index (χ0v) is 14.8. The fourth-order valence-electron chi connectivity index (χ4n) is 2.15. The highest BCUT2D eigenvalue weighted by Crippen LogP contribution is 2.27. The molecule has 1 amide bonds. The van der Waals surface area contributed by atoms with Crippen LogP contribution in [0.15, 0.2) is 48.9 Å². The Balaban J connectivity index is 1.59. The second-order valence-electron chi connectivity index (χ2n) is 5.16. The summed E-state index contributed by atoms with van der Waals surface area (Å²) in [7, 11) is 0. The predicted molar refractivity (Wildman–Crippen MR) is 96.7 cm³/mol. The van der Waals surface area contributed by atoms with Crippen LogP contribution >= 0.6 is 23.2 Å². The van der Waals surface area contributed by atoms with E-state index in [-0.39, 0.29) is 12.5 Å². The Kier molecular flexibility index (Phi) is 5.21. The molecule has 0 radical (unpaired) electrons. The Morgan fingerprint density at radius 1 is 1.24 bits per heavy atom. The maximum atomic E-state index is 12.0. The number of nitrogens with zero attached hydrogens (tertiary/aromatic N) is 3. The molecule has 1 aromatic carbocycles. The van der Waals surface area contributed by atoms with E-state index in [9.17, 15) is 4.79 Å². The quantitative estimate of drug-likeness (QED) is 0.732. The van der Waals surface area contributed by atoms with Crippen molar-refractivity contribution in [1.82, 2.24) is 14.5 Å². The second-order valence-corrected chi connectivity index (χ2v) is 6.00. The molecule has 1 N–H and O–H groups in total. The molecule has 0 saturated heterocycles. The van der Waals surface area contributed by atoms with Gasteiger partial charge in [0, 0.05) is 23.5 Å². The summed E-state index contributed by atoms with van der Waals surface area (Å²) in [5.74, 6) is 1.57. The average Bonchev–Trinajstić information content (AvgIpc) is 3.02. The number of benzene rings is 1. The number of anilines is 1. The molecule has 0 saturated carbocycles. The Hall–Kier alpha value is -2.57. The summed E-state index contributed by atoms with van der Waals surface area (Å²) in [5, 5.41) is 3.57. The Labute approximate surface area is 154 Å². The normalized spacial score (nSPS) is 10.5. The zero-order valence-electron chi connectivity index (χ0n) is 13.2. The Morgan fingerprint density at radius 2 is 2.08 bits per heavy atom. The number of carbonyl (C=O) groups excluding carboxylic acids is 1. The van der Waals surface area contributed by atoms with E-state index in [0.29, 0.717) is 21.5 Å². The monoisotopic (exact) mass is 376 g/mol. The van der Waals surface area contributed by atoms with Crippen molar-refractivity contribution < 1.29 is 9.53 Å². The standard InChI is InChI=1S/C17H14Cl2N4O2/c1-11-20-6-7-23(11)16-5-3-13(9-21-16)22-17(24)10-25-15-8-12(18)2-4-14(15)19/h2-9H,10H2,1H3,(H,22,24). The lowest BCUT2D eigenvalue weighted by molar-refractivity contribution is -0.118. The van der Waals surface area contributed by atoms with Crippen LogP contribution in [0.25, 0.3) is 5.82 Å². The van der Waals surface area contributed by atoms with Crippen molar-refractivity contribution in [2.75, 3.05) is 11.9 Å². The molecule has 2 aromatic heterocycles. The first-order chi connectivity index (χ1) is 12.0. The van der Waals surface area contributed by atoms with Gasteiger partial charge in [-0.15, -0.1) is 0 Å². The zero-order chi connectivity index (χ0) is 17.8. The summed E-state index contributed by atoms with van der Waals surface area (Å²) in [6.45, 7) is 1.69. The third-order valence-corrected chi connectivity index (χ3v) is 3.90. The van der Waals surface area contributed by atoms with Crippen LogP contribution in [0.2, 0.25) is 10.0 Å². The fraction of sp³-hybridized carbons (Fsp3) is 0.118. The average molecular weight is 377 g/mol. The molecule has 0 aliphatic carbocycles. The van der Waals surface area contributed by atoms with Gasteiger partial charge in [0.25, 0.3) is 5.91 Å². The van der Waals surface area contributed by atoms with E-state index in [1.165, 1.54) is 0 Å². The molecule has 3 aromatic rings. The van der Waals surface area contributed by atoms with Gasteiger partial charge in [0.15, 0.2) is 6.61 Å². The molecule has 0 atom stereocenters. The highest BCUT2D eigenvalue weighted by atomic mass is 35.5. The predicted octanol–water partition coefficient (Wildman–Crippen LogP) is 3.90. The van der Waals surface area contributed by atoms with E-state index in [1.54, 1.807) is 42.7 Å². The number of ether oxygens (including phenoxy) is 1. The number of aryl methyl sites for hydroxylation is 1. The van der Waals surface area contributed by atoms with Crippen LogP contribution in [0, 0.1) is 6.92 Å². The lowest BCUT2D eigenvalue weighted by Crippen LogP contribution is -2.20. The molecule has 8 heteroatoms. The highest BCUT2D eigenvalue weighted by molar-refractivity contribution is 6.34. The van der Waals surface area contributed by atoms with Gasteiger partial charge in [-0.05, 0) is 31.2 Å². The van der Waals surface area contributed by atoms with Crippen LogP contribution < -0.4 is 10.1 Å². The SMILES string of the molecule is Cc1nccn1-c1ccc(NC(=O)COc2cc(Cl)ccc2Cl)cn1. The van der Waals surface area contributed by atoms with Crippen LogP contribution in [0.1, 0.15) is 5.82 Å². The second kappa shape index (κ2) is 7.55. The van der Waals surface area contributed by atoms with Crippen LogP contribution in [0.4, 0.5) is 5.69 Å². The molecule has 0 spiro atoms. The summed E-state index contributed by atoms with van der Waals surface area (Å²) < 4.78 is 7.23. The van der Waals surface area contributed by atoms with E-state index in [1.807, 2.05) is 17.7 Å². The summed E-state index contributed by atoms with van der Waals surface area (Å²) in [6, 6.07) is 8.36. The molecule has 0 aliphatic heterocycles. The molecule has 0 unspecified atom stereocenters. The van der Waals surface area contributed by atoms with Gasteiger partial charge in [0.1, 0.15) is 17.4 Å². The number of carbonyl (C=O) groups is 1. The Morgan fingerprint density at radius 3 is 2.76 bits per heavy atom. The van der Waals surface area contributed by atoms with E-state index < -0.39 is 0 Å². The minimum atomic E-state index is -0.329. The van der Waals surface area contributed by atoms with Crippen LogP contribution in [-0.4, -0.2) is 27.0 Å². The number of amides is 1. The van der Waals surface area contributed by atoms with E-state index >= 15 is 0 Å². The van der Waals surface area contributed by atoms with E-state index in [0.717, 1.165) is 11.6 Å². The number of nitrogens with one attached hydrogen (secondary N) is 1. The molecule has 0 bridgehead atoms. The van der Waals surface area contributed by atoms with Crippen molar-refractivity contribution in [1.29, 1.82) is 0 Å². The van der Waals surface area contributed by atoms with Gasteiger partial charge < -0.3 is 10.1 Å². The van der Waals surface area contributed by atoms with Gasteiger partial charge in [-0.3, -0.25) is 9.36 Å². The number of hydrogen-bond acceptors (Lipinski definition) is 4. The first kappa shape index (κ1) is 17.3. The summed E-state index contributed by atoms with van der Waals surface area (Å²) >= 11 is 11.9. The molecular formula is C17H14Cl2N4O2. The lowest BCUT2D eigenvalue weighted by atomic mass is 10.3. The topological polar surface area (TPSA) is 69.0 Å². The van der Waals surface area contributed by atoms with Crippen LogP contribution in [0.5, 0.6) is 5.75 Å². The van der Waals surface area contributed by atoms with Gasteiger partial charge >= 0.3 is 0 Å². The van der Waals surface area contributed by atoms with Crippen LogP contribution in [0.3, 0.4) is 0 Å². The first-order valence-corrected chi connectivity index (χ1v) is 8.12. The molecule has 6 nitrogen and oxygen atoms in total. The molecule has 128 valence electrons. The van der Waals surface area contributed by atoms with Gasteiger partial charge in [0.2, 0.25) is 0 Å². The number of rotatable bonds is 5. The molecule has 3 rings (SSSR count). The van der Waals surface area contributed by atoms with Crippen molar-refractivity contribution in [2.45, 2.75) is 6.92 Å². The largest absolute Gasteiger partial charge is 0.482 e. The van der Waals surface area contributed by atoms with Gasteiger partial charge in [-0.2, -0.15) is 0 Å². The maximum absolute atomic E-state index is 12.0. The first-order valence-electron chi connectivity index (χ1n) is 7.37. The fourth-order valence-corrected chi connectivity index (χ4v) is 2.48. The van der Waals surface area contributed by atoms with Crippen molar-refractivity contribution in [3.63, 3.8) is 0 Å². The van der Waals surface area contributed by atoms with Crippen molar-refractivity contribution in [2.24, 2.45) is 0 Å². The summed E-state index contributed by atoms with van der Waals surface area (Å²) in [6.07, 6.45) is 5.09. The number of hydrogen-bond donors (Lipinski definition) is 1. The minimum absolute atomic E-state index is 0.192. The summed E-state index contributed by atoms with van der Waals surface area (Å²) in [5.41, 5.74) is 0.562. The number of aromatic nitrogens is 3. The molecule has 0 fully saturated rings. The lowest BCUT2D eigenvalue weighted by Gasteiger charge is -2.10. The van der Waals surface area contributed by atoms with Gasteiger partial charge in [0.05, 0.1) is 16.9 Å². The molecule has 2 heterocycles. The summed E-state index contributed by atoms with van der Waals surface area (Å²) in [4.78, 5) is 20.4. The Bertz CT molecular complexity index is 894. The minimum Gasteiger partial charge on any atom is -0.482 e. The molecule has 0 aliphatic rings. The van der Waals surface area contributed by atoms with Crippen molar-refractivity contribution in [3.05, 3.63) is 64.8 Å². The number of halogens is 2.